The number of aryl methyl sites for hydroxylation is 2. The number of piperidine rings is 1. The van der Waals surface area contributed by atoms with Crippen molar-refractivity contribution in [1.29, 1.82) is 0 Å². The average Bonchev–Trinajstić information content (AvgIpc) is 3.86. The molecule has 70 heavy (non-hydrogen) atoms. The number of ether oxygens (including phenoxy) is 4. The Morgan fingerprint density at radius 2 is 1.57 bits per heavy atom. The number of aliphatic imine (C=N–C) groups is 1. The second-order valence-electron chi connectivity index (χ2n) is 17.7. The lowest BCUT2D eigenvalue weighted by Crippen LogP contribution is -2.35. The van der Waals surface area contributed by atoms with E-state index < -0.39 is 6.04 Å². The first kappa shape index (κ1) is 48.0. The highest BCUT2D eigenvalue weighted by molar-refractivity contribution is 7.15. The molecule has 2 amide bonds. The van der Waals surface area contributed by atoms with E-state index in [0.717, 1.165) is 87.2 Å². The van der Waals surface area contributed by atoms with Crippen LogP contribution in [0.4, 0.5) is 5.69 Å². The molecule has 0 bridgehead atoms. The molecule has 0 unspecified atom stereocenters. The maximum absolute atomic E-state index is 14.2. The fourth-order valence-electron chi connectivity index (χ4n) is 8.90. The van der Waals surface area contributed by atoms with Gasteiger partial charge in [-0.1, -0.05) is 48.0 Å². The zero-order valence-electron chi connectivity index (χ0n) is 40.4. The lowest BCUT2D eigenvalue weighted by molar-refractivity contribution is -0.130. The minimum absolute atomic E-state index is 0.0780. The van der Waals surface area contributed by atoms with Crippen molar-refractivity contribution in [3.63, 3.8) is 0 Å². The largest absolute Gasteiger partial charge is 0.497 e. The smallest absolute Gasteiger partial charge is 0.255 e. The minimum atomic E-state index is -0.595. The van der Waals surface area contributed by atoms with Crippen molar-refractivity contribution in [3.05, 3.63) is 153 Å². The standard InChI is InChI=1S/C55H56ClN7O6S/c1-33-34(2)70-55-51(33)52(37-11-16-40(56)17-12-37)58-47(53-60-59-35(3)63(53)55)32-50(64)62(5)27-28-68-49-31-44(69-42-23-25-61(4)26-24-42)20-21-45(49)36-13-18-41(19-14-36)57-54(65)39-15-22-48(67-7)46(30-39)38-9-8-10-43(29-38)66-6/h8-22,29-31,42,47H,23-28,32H2,1-7H3,(H,57,65)/t47-/m0/s1. The fourth-order valence-corrected chi connectivity index (χ4v) is 10.2. The molecule has 13 nitrogen and oxygen atoms in total. The molecule has 2 aliphatic heterocycles. The third-order valence-corrected chi connectivity index (χ3v) is 14.5. The second kappa shape index (κ2) is 20.9. The van der Waals surface area contributed by atoms with Gasteiger partial charge in [-0.05, 0) is 124 Å². The van der Waals surface area contributed by atoms with Crippen LogP contribution in [0.25, 0.3) is 27.3 Å². The van der Waals surface area contributed by atoms with Crippen molar-refractivity contribution in [2.45, 2.75) is 52.2 Å². The Morgan fingerprint density at radius 1 is 0.814 bits per heavy atom. The van der Waals surface area contributed by atoms with Gasteiger partial charge in [0.2, 0.25) is 5.91 Å². The van der Waals surface area contributed by atoms with E-state index in [9.17, 15) is 9.59 Å². The van der Waals surface area contributed by atoms with E-state index in [-0.39, 0.29) is 30.9 Å². The molecule has 1 saturated heterocycles. The number of nitrogens with one attached hydrogen (secondary N) is 1. The Kier molecular flexibility index (Phi) is 14.4. The quantitative estimate of drug-likeness (QED) is 0.107. The third kappa shape index (κ3) is 10.3. The van der Waals surface area contributed by atoms with Crippen LogP contribution in [-0.2, 0) is 4.79 Å². The molecule has 4 heterocycles. The zero-order chi connectivity index (χ0) is 49.1. The van der Waals surface area contributed by atoms with Crippen molar-refractivity contribution in [1.82, 2.24) is 24.6 Å². The summed E-state index contributed by atoms with van der Waals surface area (Å²) in [7, 11) is 7.14. The summed E-state index contributed by atoms with van der Waals surface area (Å²) >= 11 is 8.00. The summed E-state index contributed by atoms with van der Waals surface area (Å²) in [5.74, 6) is 3.67. The molecule has 0 aliphatic carbocycles. The number of aromatic nitrogens is 3. The summed E-state index contributed by atoms with van der Waals surface area (Å²) < 4.78 is 26.2. The molecule has 9 rings (SSSR count). The van der Waals surface area contributed by atoms with E-state index in [4.69, 9.17) is 35.5 Å². The van der Waals surface area contributed by atoms with Gasteiger partial charge in [-0.3, -0.25) is 19.1 Å². The van der Waals surface area contributed by atoms with Crippen LogP contribution in [0.2, 0.25) is 5.02 Å². The predicted molar refractivity (Wildman–Crippen MR) is 277 cm³/mol. The van der Waals surface area contributed by atoms with Gasteiger partial charge in [0.25, 0.3) is 5.91 Å². The van der Waals surface area contributed by atoms with Gasteiger partial charge in [0, 0.05) is 69.6 Å². The molecule has 0 spiro atoms. The number of amides is 2. The number of methoxy groups -OCH3 is 2. The number of carbonyl (C=O) groups excluding carboxylic acids is 2. The third-order valence-electron chi connectivity index (χ3n) is 13.1. The van der Waals surface area contributed by atoms with Gasteiger partial charge in [-0.15, -0.1) is 21.5 Å². The van der Waals surface area contributed by atoms with Gasteiger partial charge in [0.15, 0.2) is 5.82 Å². The first-order valence-corrected chi connectivity index (χ1v) is 24.5. The number of rotatable bonds is 15. The Labute approximate surface area is 417 Å². The molecule has 0 radical (unpaired) electrons. The number of anilines is 1. The highest BCUT2D eigenvalue weighted by Crippen LogP contribution is 2.41. The molecular weight excluding hydrogens is 922 g/mol. The van der Waals surface area contributed by atoms with Crippen LogP contribution < -0.4 is 24.3 Å². The SMILES string of the molecule is COc1cccc(-c2cc(C(=O)Nc3ccc(-c4ccc(OC5CCN(C)CC5)cc4OCCN(C)C(=O)C[C@@H]4N=C(c5ccc(Cl)cc5)c5c(sc(C)c5C)-n5c(C)nnc54)cc3)ccc2OC)c1. The number of hydrogen-bond donors (Lipinski definition) is 1. The number of carbonyl (C=O) groups is 2. The van der Waals surface area contributed by atoms with Gasteiger partial charge in [-0.2, -0.15) is 0 Å². The second-order valence-corrected chi connectivity index (χ2v) is 19.4. The number of halogens is 1. The molecular formula is C55H56ClN7O6S. The van der Waals surface area contributed by atoms with Crippen molar-refractivity contribution < 1.29 is 28.5 Å². The van der Waals surface area contributed by atoms with Gasteiger partial charge in [-0.25, -0.2) is 0 Å². The van der Waals surface area contributed by atoms with Crippen LogP contribution in [0.15, 0.2) is 114 Å². The monoisotopic (exact) mass is 977 g/mol. The van der Waals surface area contributed by atoms with E-state index in [0.29, 0.717) is 45.9 Å². The minimum Gasteiger partial charge on any atom is -0.497 e. The van der Waals surface area contributed by atoms with Crippen molar-refractivity contribution in [2.24, 2.45) is 4.99 Å². The molecule has 1 atom stereocenters. The van der Waals surface area contributed by atoms with Gasteiger partial charge < -0.3 is 34.1 Å². The lowest BCUT2D eigenvalue weighted by atomic mass is 9.99. The highest BCUT2D eigenvalue weighted by Gasteiger charge is 2.33. The molecule has 5 aromatic carbocycles. The van der Waals surface area contributed by atoms with Crippen LogP contribution >= 0.6 is 22.9 Å². The zero-order valence-corrected chi connectivity index (χ0v) is 42.0. The Hall–Kier alpha value is -7.00. The molecule has 15 heteroatoms. The number of likely N-dealkylation sites (N-methyl/N-ethyl adjacent to an activating group) is 1. The number of nitrogens with zero attached hydrogens (tertiary/aromatic N) is 6. The van der Waals surface area contributed by atoms with Crippen molar-refractivity contribution >= 4 is 46.2 Å². The summed E-state index contributed by atoms with van der Waals surface area (Å²) in [6.45, 7) is 8.61. The van der Waals surface area contributed by atoms with E-state index in [1.54, 1.807) is 49.6 Å². The van der Waals surface area contributed by atoms with E-state index in [1.807, 2.05) is 104 Å². The van der Waals surface area contributed by atoms with E-state index in [1.165, 1.54) is 4.88 Å². The molecule has 2 aromatic heterocycles. The molecule has 360 valence electrons. The number of fused-ring (bicyclic) bond motifs is 3. The average molecular weight is 979 g/mol. The van der Waals surface area contributed by atoms with Gasteiger partial charge >= 0.3 is 0 Å². The maximum atomic E-state index is 14.2. The topological polar surface area (TPSA) is 133 Å². The van der Waals surface area contributed by atoms with Gasteiger partial charge in [0.05, 0.1) is 32.9 Å². The van der Waals surface area contributed by atoms with Crippen LogP contribution in [-0.4, -0.2) is 103 Å². The van der Waals surface area contributed by atoms with Crippen molar-refractivity contribution in [3.8, 4) is 50.3 Å². The number of benzene rings is 5. The predicted octanol–water partition coefficient (Wildman–Crippen LogP) is 10.8. The van der Waals surface area contributed by atoms with Crippen LogP contribution in [0, 0.1) is 20.8 Å². The molecule has 1 N–H and O–H groups in total. The van der Waals surface area contributed by atoms with Crippen molar-refractivity contribution in [2.75, 3.05) is 59.9 Å². The van der Waals surface area contributed by atoms with Gasteiger partial charge in [0.1, 0.15) is 52.6 Å². The summed E-state index contributed by atoms with van der Waals surface area (Å²) in [6, 6.07) is 33.6. The van der Waals surface area contributed by atoms with Crippen LogP contribution in [0.1, 0.15) is 68.9 Å². The van der Waals surface area contributed by atoms with E-state index in [2.05, 4.69) is 45.9 Å². The number of likely N-dealkylation sites (tertiary alicyclic amines) is 1. The first-order valence-electron chi connectivity index (χ1n) is 23.3. The Balaban J connectivity index is 0.920. The number of hydrogen-bond acceptors (Lipinski definition) is 11. The molecule has 7 aromatic rings. The summed E-state index contributed by atoms with van der Waals surface area (Å²) in [6.07, 6.45) is 2.04. The summed E-state index contributed by atoms with van der Waals surface area (Å²) in [4.78, 5) is 38.3. The maximum Gasteiger partial charge on any atom is 0.255 e. The summed E-state index contributed by atoms with van der Waals surface area (Å²) in [5, 5.41) is 13.7. The first-order chi connectivity index (χ1) is 33.9. The lowest BCUT2D eigenvalue weighted by Gasteiger charge is -2.29. The molecule has 2 aliphatic rings. The molecule has 0 saturated carbocycles. The summed E-state index contributed by atoms with van der Waals surface area (Å²) in [5.41, 5.74) is 8.32. The number of thiophene rings is 1. The van der Waals surface area contributed by atoms with Crippen LogP contribution in [0.3, 0.4) is 0 Å². The highest BCUT2D eigenvalue weighted by atomic mass is 35.5. The molecule has 1 fully saturated rings. The fraction of sp³-hybridized carbons (Fsp3) is 0.291. The normalized spacial score (nSPS) is 14.7. The Bertz CT molecular complexity index is 3070. The van der Waals surface area contributed by atoms with Crippen LogP contribution in [0.5, 0.6) is 23.0 Å². The van der Waals surface area contributed by atoms with E-state index >= 15 is 0 Å². The Morgan fingerprint density at radius 3 is 2.31 bits per heavy atom.